The molecule has 0 bridgehead atoms. The molecule has 4 heterocycles. The third kappa shape index (κ3) is 3.14. The standard InChI is InChI=1S/C20H17BrN6O/c21-16-10-27-20(25-18(16)11-26-6-5-22-19(28)12-26)15(9-24-27)14-7-13-3-1-2-4-17(13)23-8-14/h1-4,7-10H,5-6,11-12H2,(H,22,28). The molecule has 28 heavy (non-hydrogen) atoms. The van der Waals surface area contributed by atoms with Crippen molar-refractivity contribution in [3.63, 3.8) is 0 Å². The Balaban J connectivity index is 1.55. The molecule has 0 atom stereocenters. The number of carbonyl (C=O) groups excluding carboxylic acids is 1. The highest BCUT2D eigenvalue weighted by molar-refractivity contribution is 9.10. The monoisotopic (exact) mass is 436 g/mol. The van der Waals surface area contributed by atoms with E-state index in [2.05, 4.69) is 42.3 Å². The van der Waals surface area contributed by atoms with Gasteiger partial charge in [0, 0.05) is 48.5 Å². The lowest BCUT2D eigenvalue weighted by atomic mass is 10.1. The zero-order valence-electron chi connectivity index (χ0n) is 15.0. The van der Waals surface area contributed by atoms with E-state index in [1.54, 1.807) is 4.52 Å². The minimum Gasteiger partial charge on any atom is -0.354 e. The van der Waals surface area contributed by atoms with E-state index >= 15 is 0 Å². The number of nitrogens with one attached hydrogen (secondary N) is 1. The molecular formula is C20H17BrN6O. The molecule has 1 amide bonds. The molecule has 3 aromatic heterocycles. The van der Waals surface area contributed by atoms with Crippen LogP contribution in [0.2, 0.25) is 0 Å². The first-order valence-corrected chi connectivity index (χ1v) is 9.84. The third-order valence-electron chi connectivity index (χ3n) is 4.91. The molecule has 1 aliphatic heterocycles. The second-order valence-corrected chi connectivity index (χ2v) is 7.69. The summed E-state index contributed by atoms with van der Waals surface area (Å²) in [6.07, 6.45) is 5.59. The molecule has 0 spiro atoms. The maximum Gasteiger partial charge on any atom is 0.234 e. The van der Waals surface area contributed by atoms with E-state index in [0.29, 0.717) is 19.6 Å². The van der Waals surface area contributed by atoms with Gasteiger partial charge in [-0.25, -0.2) is 9.50 Å². The molecule has 140 valence electrons. The summed E-state index contributed by atoms with van der Waals surface area (Å²) < 4.78 is 2.64. The van der Waals surface area contributed by atoms with Gasteiger partial charge >= 0.3 is 0 Å². The smallest absolute Gasteiger partial charge is 0.234 e. The third-order valence-corrected chi connectivity index (χ3v) is 5.58. The number of benzene rings is 1. The molecule has 4 aromatic rings. The van der Waals surface area contributed by atoms with Gasteiger partial charge in [-0.3, -0.25) is 14.7 Å². The lowest BCUT2D eigenvalue weighted by molar-refractivity contribution is -0.124. The molecule has 1 aromatic carbocycles. The van der Waals surface area contributed by atoms with E-state index in [0.717, 1.165) is 44.4 Å². The molecule has 1 N–H and O–H groups in total. The fourth-order valence-electron chi connectivity index (χ4n) is 3.50. The van der Waals surface area contributed by atoms with E-state index < -0.39 is 0 Å². The van der Waals surface area contributed by atoms with Gasteiger partial charge < -0.3 is 5.32 Å². The maximum absolute atomic E-state index is 11.7. The Kier molecular flexibility index (Phi) is 4.29. The van der Waals surface area contributed by atoms with Crippen LogP contribution in [0.15, 0.2) is 53.4 Å². The molecular weight excluding hydrogens is 420 g/mol. The van der Waals surface area contributed by atoms with Crippen molar-refractivity contribution in [1.82, 2.24) is 29.8 Å². The summed E-state index contributed by atoms with van der Waals surface area (Å²) in [5.74, 6) is 0.0516. The van der Waals surface area contributed by atoms with E-state index in [9.17, 15) is 4.79 Å². The number of para-hydroxylation sites is 1. The lowest BCUT2D eigenvalue weighted by Crippen LogP contribution is -2.47. The predicted molar refractivity (Wildman–Crippen MR) is 110 cm³/mol. The Morgan fingerprint density at radius 3 is 3.00 bits per heavy atom. The van der Waals surface area contributed by atoms with Crippen molar-refractivity contribution in [2.75, 3.05) is 19.6 Å². The van der Waals surface area contributed by atoms with Crippen LogP contribution < -0.4 is 5.32 Å². The van der Waals surface area contributed by atoms with E-state index in [-0.39, 0.29) is 5.91 Å². The van der Waals surface area contributed by atoms with Crippen molar-refractivity contribution in [3.8, 4) is 11.1 Å². The molecule has 1 saturated heterocycles. The van der Waals surface area contributed by atoms with Crippen LogP contribution in [-0.4, -0.2) is 50.0 Å². The summed E-state index contributed by atoms with van der Waals surface area (Å²) in [5, 5.41) is 8.38. The number of piperazine rings is 1. The van der Waals surface area contributed by atoms with Crippen molar-refractivity contribution in [1.29, 1.82) is 0 Å². The first-order valence-electron chi connectivity index (χ1n) is 9.04. The van der Waals surface area contributed by atoms with Gasteiger partial charge in [-0.1, -0.05) is 18.2 Å². The first-order chi connectivity index (χ1) is 13.7. The number of fused-ring (bicyclic) bond motifs is 2. The molecule has 0 saturated carbocycles. The van der Waals surface area contributed by atoms with Crippen molar-refractivity contribution in [2.45, 2.75) is 6.54 Å². The maximum atomic E-state index is 11.7. The number of pyridine rings is 1. The van der Waals surface area contributed by atoms with Crippen LogP contribution in [0.4, 0.5) is 0 Å². The van der Waals surface area contributed by atoms with Crippen LogP contribution in [-0.2, 0) is 11.3 Å². The second-order valence-electron chi connectivity index (χ2n) is 6.84. The summed E-state index contributed by atoms with van der Waals surface area (Å²) in [6.45, 7) is 2.47. The number of nitrogens with zero attached hydrogens (tertiary/aromatic N) is 5. The molecule has 7 nitrogen and oxygen atoms in total. The van der Waals surface area contributed by atoms with Crippen molar-refractivity contribution in [3.05, 3.63) is 59.1 Å². The fraction of sp³-hybridized carbons (Fsp3) is 0.200. The zero-order valence-corrected chi connectivity index (χ0v) is 16.6. The minimum atomic E-state index is 0.0516. The fourth-order valence-corrected chi connectivity index (χ4v) is 3.90. The summed E-state index contributed by atoms with van der Waals surface area (Å²) in [7, 11) is 0. The quantitative estimate of drug-likeness (QED) is 0.534. The summed E-state index contributed by atoms with van der Waals surface area (Å²) in [6, 6.07) is 10.1. The molecule has 0 aliphatic carbocycles. The van der Waals surface area contributed by atoms with Crippen LogP contribution in [0.3, 0.4) is 0 Å². The number of hydrogen-bond acceptors (Lipinski definition) is 5. The molecule has 5 rings (SSSR count). The molecule has 0 radical (unpaired) electrons. The number of amides is 1. The largest absolute Gasteiger partial charge is 0.354 e. The van der Waals surface area contributed by atoms with Crippen molar-refractivity contribution >= 4 is 38.4 Å². The Hall–Kier alpha value is -2.84. The van der Waals surface area contributed by atoms with Gasteiger partial charge in [-0.2, -0.15) is 5.10 Å². The number of aromatic nitrogens is 4. The number of rotatable bonds is 3. The van der Waals surface area contributed by atoms with Gasteiger partial charge in [0.05, 0.1) is 28.4 Å². The average Bonchev–Trinajstić information content (AvgIpc) is 3.10. The molecule has 1 fully saturated rings. The average molecular weight is 437 g/mol. The van der Waals surface area contributed by atoms with Gasteiger partial charge in [0.15, 0.2) is 5.65 Å². The highest BCUT2D eigenvalue weighted by Crippen LogP contribution is 2.27. The van der Waals surface area contributed by atoms with Crippen LogP contribution in [0, 0.1) is 0 Å². The van der Waals surface area contributed by atoms with Gasteiger partial charge in [0.25, 0.3) is 0 Å². The molecule has 8 heteroatoms. The van der Waals surface area contributed by atoms with E-state index in [1.165, 1.54) is 0 Å². The SMILES string of the molecule is O=C1CN(Cc2nc3c(-c4cnc5ccccc5c4)cnn3cc2Br)CCN1. The Morgan fingerprint density at radius 2 is 2.11 bits per heavy atom. The van der Waals surface area contributed by atoms with Crippen LogP contribution >= 0.6 is 15.9 Å². The second kappa shape index (κ2) is 6.96. The van der Waals surface area contributed by atoms with Gasteiger partial charge in [-0.05, 0) is 28.1 Å². The number of carbonyl (C=O) groups is 1. The van der Waals surface area contributed by atoms with E-state index in [1.807, 2.05) is 42.9 Å². The summed E-state index contributed by atoms with van der Waals surface area (Å²) in [5.41, 5.74) is 4.53. The number of halogens is 1. The zero-order chi connectivity index (χ0) is 19.1. The summed E-state index contributed by atoms with van der Waals surface area (Å²) >= 11 is 3.59. The normalized spacial score (nSPS) is 15.2. The van der Waals surface area contributed by atoms with Crippen LogP contribution in [0.1, 0.15) is 5.69 Å². The van der Waals surface area contributed by atoms with E-state index in [4.69, 9.17) is 4.98 Å². The van der Waals surface area contributed by atoms with Gasteiger partial charge in [-0.15, -0.1) is 0 Å². The van der Waals surface area contributed by atoms with Crippen LogP contribution in [0.25, 0.3) is 27.7 Å². The highest BCUT2D eigenvalue weighted by atomic mass is 79.9. The lowest BCUT2D eigenvalue weighted by Gasteiger charge is -2.26. The van der Waals surface area contributed by atoms with Crippen LogP contribution in [0.5, 0.6) is 0 Å². The molecule has 1 aliphatic rings. The van der Waals surface area contributed by atoms with Crippen molar-refractivity contribution < 1.29 is 4.79 Å². The Labute approximate surface area is 169 Å². The van der Waals surface area contributed by atoms with Gasteiger partial charge in [0.2, 0.25) is 5.91 Å². The highest BCUT2D eigenvalue weighted by Gasteiger charge is 2.19. The predicted octanol–water partition coefficient (Wildman–Crippen LogP) is 2.64. The van der Waals surface area contributed by atoms with Crippen molar-refractivity contribution in [2.24, 2.45) is 0 Å². The molecule has 0 unspecified atom stereocenters. The Bertz CT molecular complexity index is 1200. The number of hydrogen-bond donors (Lipinski definition) is 1. The Morgan fingerprint density at radius 1 is 1.21 bits per heavy atom. The van der Waals surface area contributed by atoms with Gasteiger partial charge in [0.1, 0.15) is 0 Å². The minimum absolute atomic E-state index is 0.0516. The topological polar surface area (TPSA) is 75.4 Å². The first kappa shape index (κ1) is 17.3. The summed E-state index contributed by atoms with van der Waals surface area (Å²) in [4.78, 5) is 23.2.